The minimum atomic E-state index is -0.430. The Morgan fingerprint density at radius 2 is 2.04 bits per heavy atom. The third-order valence-electron chi connectivity index (χ3n) is 5.15. The molecular weight excluding hydrogens is 360 g/mol. The SMILES string of the molecule is Cc1cc2oc(=O)cc(COC(=O)c3cc4c(s3)CCC4)c2cc1C(C)C. The molecule has 1 aliphatic rings. The van der Waals surface area contributed by atoms with Crippen LogP contribution >= 0.6 is 11.3 Å². The fourth-order valence-corrected chi connectivity index (χ4v) is 4.92. The zero-order valence-corrected chi connectivity index (χ0v) is 16.6. The molecule has 0 aliphatic heterocycles. The molecule has 1 aliphatic carbocycles. The van der Waals surface area contributed by atoms with Gasteiger partial charge in [-0.2, -0.15) is 0 Å². The fourth-order valence-electron chi connectivity index (χ4n) is 3.78. The molecule has 4 nitrogen and oxygen atoms in total. The minimum Gasteiger partial charge on any atom is -0.457 e. The van der Waals surface area contributed by atoms with Crippen molar-refractivity contribution in [2.45, 2.75) is 52.6 Å². The van der Waals surface area contributed by atoms with Gasteiger partial charge >= 0.3 is 11.6 Å². The van der Waals surface area contributed by atoms with Crippen LogP contribution < -0.4 is 5.63 Å². The van der Waals surface area contributed by atoms with Crippen LogP contribution in [-0.4, -0.2) is 5.97 Å². The largest absolute Gasteiger partial charge is 0.457 e. The highest BCUT2D eigenvalue weighted by Gasteiger charge is 2.20. The first-order valence-corrected chi connectivity index (χ1v) is 10.1. The van der Waals surface area contributed by atoms with E-state index >= 15 is 0 Å². The van der Waals surface area contributed by atoms with Crippen LogP contribution in [0.25, 0.3) is 11.0 Å². The van der Waals surface area contributed by atoms with Crippen molar-refractivity contribution in [1.29, 1.82) is 0 Å². The Kier molecular flexibility index (Phi) is 4.64. The van der Waals surface area contributed by atoms with Crippen molar-refractivity contribution in [3.8, 4) is 0 Å². The minimum absolute atomic E-state index is 0.0596. The van der Waals surface area contributed by atoms with Crippen LogP contribution in [-0.2, 0) is 24.2 Å². The molecule has 0 bridgehead atoms. The Hall–Kier alpha value is -2.40. The highest BCUT2D eigenvalue weighted by atomic mass is 32.1. The molecule has 0 N–H and O–H groups in total. The first-order valence-electron chi connectivity index (χ1n) is 9.28. The quantitative estimate of drug-likeness (QED) is 0.463. The number of esters is 1. The number of hydrogen-bond donors (Lipinski definition) is 0. The van der Waals surface area contributed by atoms with Gasteiger partial charge in [0.15, 0.2) is 0 Å². The topological polar surface area (TPSA) is 56.5 Å². The maximum atomic E-state index is 12.5. The molecule has 0 radical (unpaired) electrons. The van der Waals surface area contributed by atoms with Gasteiger partial charge in [0.05, 0.1) is 0 Å². The lowest BCUT2D eigenvalue weighted by atomic mass is 9.95. The predicted molar refractivity (Wildman–Crippen MR) is 107 cm³/mol. The second kappa shape index (κ2) is 6.97. The molecule has 2 heterocycles. The molecule has 27 heavy (non-hydrogen) atoms. The number of thiophene rings is 1. The van der Waals surface area contributed by atoms with E-state index in [0.29, 0.717) is 21.9 Å². The van der Waals surface area contributed by atoms with Crippen molar-refractivity contribution in [2.24, 2.45) is 0 Å². The van der Waals surface area contributed by atoms with Gasteiger partial charge in [0.1, 0.15) is 17.1 Å². The zero-order chi connectivity index (χ0) is 19.1. The van der Waals surface area contributed by atoms with Gasteiger partial charge in [0.2, 0.25) is 0 Å². The van der Waals surface area contributed by atoms with E-state index in [-0.39, 0.29) is 12.6 Å². The Balaban J connectivity index is 1.63. The molecule has 0 atom stereocenters. The summed E-state index contributed by atoms with van der Waals surface area (Å²) in [6, 6.07) is 7.30. The third-order valence-corrected chi connectivity index (χ3v) is 6.36. The first-order chi connectivity index (χ1) is 12.9. The summed E-state index contributed by atoms with van der Waals surface area (Å²) in [5.41, 5.74) is 4.34. The number of benzene rings is 1. The van der Waals surface area contributed by atoms with E-state index in [1.807, 2.05) is 25.1 Å². The normalized spacial score (nSPS) is 13.3. The standard InChI is InChI=1S/C22H22O4S/c1-12(2)16-10-17-15(9-21(23)26-18(17)7-13(16)3)11-25-22(24)20-8-14-5-4-6-19(14)27-20/h7-10,12H,4-6,11H2,1-3H3. The highest BCUT2D eigenvalue weighted by Crippen LogP contribution is 2.31. The highest BCUT2D eigenvalue weighted by molar-refractivity contribution is 7.14. The molecular formula is C22H22O4S. The van der Waals surface area contributed by atoms with E-state index < -0.39 is 5.63 Å². The van der Waals surface area contributed by atoms with Gasteiger partial charge in [-0.3, -0.25) is 0 Å². The summed E-state index contributed by atoms with van der Waals surface area (Å²) in [4.78, 5) is 26.3. The van der Waals surface area contributed by atoms with Crippen LogP contribution in [0.4, 0.5) is 0 Å². The molecule has 140 valence electrons. The smallest absolute Gasteiger partial charge is 0.348 e. The van der Waals surface area contributed by atoms with Crippen molar-refractivity contribution in [3.05, 3.63) is 66.7 Å². The lowest BCUT2D eigenvalue weighted by molar-refractivity contribution is 0.0479. The molecule has 5 heteroatoms. The first kappa shape index (κ1) is 18.0. The van der Waals surface area contributed by atoms with Crippen LogP contribution in [0.2, 0.25) is 0 Å². The molecule has 0 spiro atoms. The van der Waals surface area contributed by atoms with Crippen LogP contribution in [0.3, 0.4) is 0 Å². The van der Waals surface area contributed by atoms with Crippen LogP contribution in [0.1, 0.15) is 63.0 Å². The van der Waals surface area contributed by atoms with Crippen molar-refractivity contribution < 1.29 is 13.9 Å². The van der Waals surface area contributed by atoms with Crippen molar-refractivity contribution in [2.75, 3.05) is 0 Å². The molecule has 1 aromatic carbocycles. The molecule has 0 saturated carbocycles. The van der Waals surface area contributed by atoms with Gasteiger partial charge in [0.25, 0.3) is 0 Å². The number of fused-ring (bicyclic) bond motifs is 2. The summed E-state index contributed by atoms with van der Waals surface area (Å²) in [5.74, 6) is 0.0252. The second-order valence-corrected chi connectivity index (χ2v) is 8.58. The number of carbonyl (C=O) groups is 1. The average molecular weight is 382 g/mol. The van der Waals surface area contributed by atoms with E-state index in [4.69, 9.17) is 9.15 Å². The number of rotatable bonds is 4. The molecule has 4 rings (SSSR count). The fraction of sp³-hybridized carbons (Fsp3) is 0.364. The Labute approximate surface area is 161 Å². The van der Waals surface area contributed by atoms with Gasteiger partial charge in [-0.15, -0.1) is 11.3 Å². The van der Waals surface area contributed by atoms with Gasteiger partial charge < -0.3 is 9.15 Å². The lowest BCUT2D eigenvalue weighted by Crippen LogP contribution is -2.07. The molecule has 0 unspecified atom stereocenters. The van der Waals surface area contributed by atoms with Gasteiger partial charge in [-0.05, 0) is 67.0 Å². The van der Waals surface area contributed by atoms with E-state index in [1.54, 1.807) is 0 Å². The zero-order valence-electron chi connectivity index (χ0n) is 15.8. The van der Waals surface area contributed by atoms with Crippen LogP contribution in [0.5, 0.6) is 0 Å². The lowest BCUT2D eigenvalue weighted by Gasteiger charge is -2.13. The van der Waals surface area contributed by atoms with E-state index in [1.165, 1.54) is 39.8 Å². The summed E-state index contributed by atoms with van der Waals surface area (Å²) >= 11 is 1.53. The van der Waals surface area contributed by atoms with E-state index in [2.05, 4.69) is 13.8 Å². The summed E-state index contributed by atoms with van der Waals surface area (Å²) < 4.78 is 10.9. The number of carbonyl (C=O) groups excluding carboxylic acids is 1. The molecule has 0 saturated heterocycles. The maximum absolute atomic E-state index is 12.5. The average Bonchev–Trinajstić information content (AvgIpc) is 3.20. The summed E-state index contributed by atoms with van der Waals surface area (Å²) in [6.45, 7) is 6.33. The Morgan fingerprint density at radius 1 is 1.22 bits per heavy atom. The summed E-state index contributed by atoms with van der Waals surface area (Å²) in [6.07, 6.45) is 3.26. The van der Waals surface area contributed by atoms with E-state index in [9.17, 15) is 9.59 Å². The summed E-state index contributed by atoms with van der Waals surface area (Å²) in [7, 11) is 0. The Morgan fingerprint density at radius 3 is 2.78 bits per heavy atom. The van der Waals surface area contributed by atoms with Crippen LogP contribution in [0.15, 0.2) is 33.5 Å². The number of aryl methyl sites for hydroxylation is 3. The number of hydrogen-bond acceptors (Lipinski definition) is 5. The van der Waals surface area contributed by atoms with Gasteiger partial charge in [0, 0.05) is 21.9 Å². The number of ether oxygens (including phenoxy) is 1. The van der Waals surface area contributed by atoms with Crippen molar-refractivity contribution in [1.82, 2.24) is 0 Å². The molecule has 3 aromatic rings. The molecule has 0 amide bonds. The van der Waals surface area contributed by atoms with E-state index in [0.717, 1.165) is 23.8 Å². The van der Waals surface area contributed by atoms with Gasteiger partial charge in [-0.25, -0.2) is 9.59 Å². The molecule has 0 fully saturated rings. The van der Waals surface area contributed by atoms with Gasteiger partial charge in [-0.1, -0.05) is 13.8 Å². The summed E-state index contributed by atoms with van der Waals surface area (Å²) in [5, 5.41) is 0.824. The van der Waals surface area contributed by atoms with Crippen molar-refractivity contribution in [3.63, 3.8) is 0 Å². The van der Waals surface area contributed by atoms with Crippen LogP contribution in [0, 0.1) is 6.92 Å². The third kappa shape index (κ3) is 3.44. The maximum Gasteiger partial charge on any atom is 0.348 e. The second-order valence-electron chi connectivity index (χ2n) is 7.44. The molecule has 2 aromatic heterocycles. The Bertz CT molecular complexity index is 1070. The predicted octanol–water partition coefficient (Wildman–Crippen LogP) is 5.13. The monoisotopic (exact) mass is 382 g/mol. The van der Waals surface area contributed by atoms with Crippen molar-refractivity contribution >= 4 is 28.3 Å².